The van der Waals surface area contributed by atoms with Crippen molar-refractivity contribution in [2.75, 3.05) is 68.8 Å². The topological polar surface area (TPSA) is 120 Å². The van der Waals surface area contributed by atoms with Gasteiger partial charge in [0.15, 0.2) is 0 Å². The number of fused-ring (bicyclic) bond motifs is 5. The number of rotatable bonds is 10. The number of pyridine rings is 1. The van der Waals surface area contributed by atoms with Crippen molar-refractivity contribution in [1.82, 2.24) is 24.7 Å². The van der Waals surface area contributed by atoms with Gasteiger partial charge in [-0.1, -0.05) is 12.1 Å². The number of anilines is 2. The molecule has 6 heterocycles. The van der Waals surface area contributed by atoms with Gasteiger partial charge in [-0.3, -0.25) is 43.8 Å². The molecule has 1 atom stereocenters. The molecule has 15 heteroatoms. The van der Waals surface area contributed by atoms with Crippen LogP contribution in [0, 0.1) is 5.82 Å². The van der Waals surface area contributed by atoms with E-state index in [1.807, 2.05) is 23.1 Å². The molecule has 0 aliphatic carbocycles. The SMILES string of the molecule is O=C1CCC(N2C(=O)c3ccc(N4CCN(CCOCCN5CCCc6cc(-c7ccc8c9cnccc9n(C(F)F)c8c7)cc(F)c65)CC4)cc3C2=O)C(=O)N1. The zero-order chi connectivity index (χ0) is 39.4. The average Bonchev–Trinajstić information content (AvgIpc) is 3.67. The Labute approximate surface area is 325 Å². The van der Waals surface area contributed by atoms with Gasteiger partial charge in [-0.05, 0) is 78.4 Å². The molecular formula is C42H40F3N7O5. The van der Waals surface area contributed by atoms with Gasteiger partial charge in [-0.15, -0.1) is 0 Å². The van der Waals surface area contributed by atoms with Crippen molar-refractivity contribution in [3.8, 4) is 11.1 Å². The molecule has 4 aliphatic heterocycles. The maximum atomic E-state index is 15.9. The predicted octanol–water partition coefficient (Wildman–Crippen LogP) is 5.38. The number of hydrogen-bond acceptors (Lipinski definition) is 9. The number of nitrogens with zero attached hydrogens (tertiary/aromatic N) is 6. The highest BCUT2D eigenvalue weighted by atomic mass is 19.3. The zero-order valence-corrected chi connectivity index (χ0v) is 31.1. The number of hydrogen-bond donors (Lipinski definition) is 1. The van der Waals surface area contributed by atoms with E-state index in [-0.39, 0.29) is 29.8 Å². The number of imide groups is 2. The fourth-order valence-electron chi connectivity index (χ4n) is 8.80. The van der Waals surface area contributed by atoms with Crippen LogP contribution in [-0.4, -0.2) is 108 Å². The van der Waals surface area contributed by atoms with Crippen LogP contribution in [0.1, 0.15) is 52.1 Å². The summed E-state index contributed by atoms with van der Waals surface area (Å²) >= 11 is 0. The number of carbonyl (C=O) groups is 4. The van der Waals surface area contributed by atoms with Crippen LogP contribution in [-0.2, 0) is 20.7 Å². The standard InChI is InChI=1S/C42H40F3N7O5/c43-33-21-27(25-3-5-29-32-24-46-10-9-34(32)51(42(44)45)36(29)22-25)20-26-2-1-11-50(38(26)33)17-19-57-18-16-48-12-14-49(15-13-48)28-4-6-30-31(23-28)41(56)52(40(30)55)35-7-8-37(53)47-39(35)54/h3-6,9-10,20-24,35,42H,1-2,7-8,11-19H2,(H,47,53,54). The number of aryl methyl sites for hydroxylation is 1. The fourth-order valence-corrected chi connectivity index (χ4v) is 8.80. The molecule has 294 valence electrons. The van der Waals surface area contributed by atoms with E-state index in [0.717, 1.165) is 53.2 Å². The van der Waals surface area contributed by atoms with E-state index in [2.05, 4.69) is 20.1 Å². The summed E-state index contributed by atoms with van der Waals surface area (Å²) in [7, 11) is 0. The summed E-state index contributed by atoms with van der Waals surface area (Å²) in [6, 6.07) is 14.6. The first-order valence-corrected chi connectivity index (χ1v) is 19.3. The maximum Gasteiger partial charge on any atom is 0.319 e. The Bertz CT molecular complexity index is 2450. The third-order valence-corrected chi connectivity index (χ3v) is 11.7. The van der Waals surface area contributed by atoms with E-state index in [1.54, 1.807) is 36.5 Å². The van der Waals surface area contributed by atoms with Crippen LogP contribution in [0.4, 0.5) is 24.5 Å². The first kappa shape index (κ1) is 36.8. The molecule has 0 bridgehead atoms. The van der Waals surface area contributed by atoms with Crippen molar-refractivity contribution >= 4 is 56.8 Å². The molecule has 0 saturated carbocycles. The van der Waals surface area contributed by atoms with Crippen molar-refractivity contribution in [3.63, 3.8) is 0 Å². The Hall–Kier alpha value is -5.80. The second-order valence-electron chi connectivity index (χ2n) is 14.9. The molecule has 1 unspecified atom stereocenters. The van der Waals surface area contributed by atoms with E-state index >= 15 is 4.39 Å². The lowest BCUT2D eigenvalue weighted by atomic mass is 9.95. The van der Waals surface area contributed by atoms with E-state index in [9.17, 15) is 28.0 Å². The third-order valence-electron chi connectivity index (χ3n) is 11.7. The predicted molar refractivity (Wildman–Crippen MR) is 207 cm³/mol. The van der Waals surface area contributed by atoms with Gasteiger partial charge in [0.05, 0.1) is 41.1 Å². The Morgan fingerprint density at radius 3 is 2.42 bits per heavy atom. The number of ether oxygens (including phenoxy) is 1. The van der Waals surface area contributed by atoms with Crippen molar-refractivity contribution in [1.29, 1.82) is 0 Å². The number of amides is 4. The molecule has 2 saturated heterocycles. The van der Waals surface area contributed by atoms with E-state index < -0.39 is 36.2 Å². The summed E-state index contributed by atoms with van der Waals surface area (Å²) in [6.45, 7) is 3.16. The molecule has 4 aliphatic rings. The quantitative estimate of drug-likeness (QED) is 0.147. The summed E-state index contributed by atoms with van der Waals surface area (Å²) in [5.41, 5.74) is 4.90. The Kier molecular flexibility index (Phi) is 9.65. The Morgan fingerprint density at radius 1 is 0.807 bits per heavy atom. The Balaban J connectivity index is 0.775. The number of piperazine rings is 1. The van der Waals surface area contributed by atoms with E-state index in [1.165, 1.54) is 12.3 Å². The van der Waals surface area contributed by atoms with Crippen LogP contribution < -0.4 is 15.1 Å². The largest absolute Gasteiger partial charge is 0.378 e. The van der Waals surface area contributed by atoms with Gasteiger partial charge in [0.2, 0.25) is 11.8 Å². The summed E-state index contributed by atoms with van der Waals surface area (Å²) < 4.78 is 51.3. The number of aromatic nitrogens is 2. The van der Waals surface area contributed by atoms with Crippen LogP contribution in [0.3, 0.4) is 0 Å². The van der Waals surface area contributed by atoms with Gasteiger partial charge < -0.3 is 14.5 Å². The van der Waals surface area contributed by atoms with Crippen molar-refractivity contribution in [2.24, 2.45) is 0 Å². The number of halogens is 3. The monoisotopic (exact) mass is 779 g/mol. The summed E-state index contributed by atoms with van der Waals surface area (Å²) in [6.07, 6.45) is 4.85. The van der Waals surface area contributed by atoms with Crippen LogP contribution in [0.2, 0.25) is 0 Å². The molecule has 2 fully saturated rings. The first-order chi connectivity index (χ1) is 27.7. The highest BCUT2D eigenvalue weighted by Gasteiger charge is 2.45. The summed E-state index contributed by atoms with van der Waals surface area (Å²) in [4.78, 5) is 62.0. The van der Waals surface area contributed by atoms with Gasteiger partial charge in [-0.25, -0.2) is 4.39 Å². The molecule has 12 nitrogen and oxygen atoms in total. The highest BCUT2D eigenvalue weighted by Crippen LogP contribution is 2.38. The normalized spacial score (nSPS) is 18.9. The van der Waals surface area contributed by atoms with Crippen LogP contribution in [0.25, 0.3) is 32.9 Å². The number of carbonyl (C=O) groups excluding carboxylic acids is 4. The van der Waals surface area contributed by atoms with Crippen LogP contribution in [0.5, 0.6) is 0 Å². The number of piperidine rings is 1. The maximum absolute atomic E-state index is 15.9. The lowest BCUT2D eigenvalue weighted by molar-refractivity contribution is -0.136. The lowest BCUT2D eigenvalue weighted by Crippen LogP contribution is -2.54. The minimum Gasteiger partial charge on any atom is -0.378 e. The summed E-state index contributed by atoms with van der Waals surface area (Å²) in [5.74, 6) is -2.42. The summed E-state index contributed by atoms with van der Waals surface area (Å²) in [5, 5.41) is 3.54. The van der Waals surface area contributed by atoms with E-state index in [4.69, 9.17) is 4.74 Å². The van der Waals surface area contributed by atoms with Gasteiger partial charge >= 0.3 is 6.55 Å². The molecular weight excluding hydrogens is 740 g/mol. The second kappa shape index (κ2) is 14.9. The van der Waals surface area contributed by atoms with E-state index in [0.29, 0.717) is 78.0 Å². The van der Waals surface area contributed by atoms with Gasteiger partial charge in [0, 0.05) is 81.1 Å². The lowest BCUT2D eigenvalue weighted by Gasteiger charge is -2.36. The molecule has 2 aromatic heterocycles. The molecule has 57 heavy (non-hydrogen) atoms. The molecule has 3 aromatic carbocycles. The molecule has 1 N–H and O–H groups in total. The van der Waals surface area contributed by atoms with Crippen molar-refractivity contribution in [2.45, 2.75) is 38.3 Å². The number of benzene rings is 3. The molecule has 9 rings (SSSR count). The second-order valence-corrected chi connectivity index (χ2v) is 14.9. The number of nitrogens with one attached hydrogen (secondary N) is 1. The molecule has 0 spiro atoms. The van der Waals surface area contributed by atoms with Gasteiger partial charge in [0.1, 0.15) is 11.9 Å². The third kappa shape index (κ3) is 6.67. The fraction of sp³-hybridized carbons (Fsp3) is 0.357. The first-order valence-electron chi connectivity index (χ1n) is 19.3. The van der Waals surface area contributed by atoms with Crippen molar-refractivity contribution < 1.29 is 37.1 Å². The molecule has 5 aromatic rings. The minimum absolute atomic E-state index is 0.0707. The smallest absolute Gasteiger partial charge is 0.319 e. The minimum atomic E-state index is -2.74. The Morgan fingerprint density at radius 2 is 1.61 bits per heavy atom. The van der Waals surface area contributed by atoms with Crippen LogP contribution >= 0.6 is 0 Å². The van der Waals surface area contributed by atoms with Gasteiger partial charge in [-0.2, -0.15) is 8.78 Å². The van der Waals surface area contributed by atoms with Crippen LogP contribution in [0.15, 0.2) is 67.0 Å². The van der Waals surface area contributed by atoms with Gasteiger partial charge in [0.25, 0.3) is 11.8 Å². The number of alkyl halides is 2. The average molecular weight is 780 g/mol. The zero-order valence-electron chi connectivity index (χ0n) is 31.1. The molecule has 0 radical (unpaired) electrons. The highest BCUT2D eigenvalue weighted by molar-refractivity contribution is 6.23. The van der Waals surface area contributed by atoms with Crippen molar-refractivity contribution in [3.05, 3.63) is 89.5 Å². The molecule has 4 amide bonds.